The summed E-state index contributed by atoms with van der Waals surface area (Å²) in [6.07, 6.45) is 2.00. The van der Waals surface area contributed by atoms with E-state index in [1.165, 1.54) is 0 Å². The SMILES string of the molecule is CCOC(=O)N1C2CCC1C(Br)C(=O)C2. The lowest BCUT2D eigenvalue weighted by atomic mass is 10.0. The van der Waals surface area contributed by atoms with Gasteiger partial charge in [0.2, 0.25) is 0 Å². The van der Waals surface area contributed by atoms with Crippen molar-refractivity contribution in [2.75, 3.05) is 6.61 Å². The molecule has 5 heteroatoms. The number of amides is 1. The quantitative estimate of drug-likeness (QED) is 0.685. The standard InChI is InChI=1S/C10H14BrNO3/c1-2-15-10(14)12-6-3-4-7(12)9(11)8(13)5-6/h6-7,9H,2-5H2,1H3. The van der Waals surface area contributed by atoms with Crippen LogP contribution >= 0.6 is 15.9 Å². The second-order valence-electron chi connectivity index (χ2n) is 3.98. The zero-order valence-electron chi connectivity index (χ0n) is 8.61. The summed E-state index contributed by atoms with van der Waals surface area (Å²) in [5, 5.41) is 0. The van der Waals surface area contributed by atoms with Crippen LogP contribution in [0.15, 0.2) is 0 Å². The van der Waals surface area contributed by atoms with Crippen LogP contribution in [0.1, 0.15) is 26.2 Å². The lowest BCUT2D eigenvalue weighted by molar-refractivity contribution is -0.122. The van der Waals surface area contributed by atoms with Crippen molar-refractivity contribution in [2.24, 2.45) is 0 Å². The van der Waals surface area contributed by atoms with Gasteiger partial charge in [-0.1, -0.05) is 15.9 Å². The van der Waals surface area contributed by atoms with Crippen molar-refractivity contribution in [1.82, 2.24) is 4.90 Å². The van der Waals surface area contributed by atoms with E-state index < -0.39 is 0 Å². The molecule has 3 atom stereocenters. The number of nitrogens with zero attached hydrogens (tertiary/aromatic N) is 1. The molecule has 3 unspecified atom stereocenters. The first-order valence-corrected chi connectivity index (χ1v) is 6.18. The number of rotatable bonds is 1. The summed E-state index contributed by atoms with van der Waals surface area (Å²) < 4.78 is 5.00. The average molecular weight is 276 g/mol. The van der Waals surface area contributed by atoms with Gasteiger partial charge in [0.05, 0.1) is 17.5 Å². The van der Waals surface area contributed by atoms with Gasteiger partial charge in [-0.2, -0.15) is 0 Å². The number of hydrogen-bond donors (Lipinski definition) is 0. The Balaban J connectivity index is 2.14. The van der Waals surface area contributed by atoms with E-state index >= 15 is 0 Å². The first-order chi connectivity index (χ1) is 7.15. The fourth-order valence-corrected chi connectivity index (χ4v) is 3.15. The Morgan fingerprint density at radius 1 is 1.60 bits per heavy atom. The van der Waals surface area contributed by atoms with Crippen LogP contribution in [0, 0.1) is 0 Å². The van der Waals surface area contributed by atoms with E-state index in [2.05, 4.69) is 15.9 Å². The van der Waals surface area contributed by atoms with E-state index in [0.29, 0.717) is 13.0 Å². The zero-order valence-corrected chi connectivity index (χ0v) is 10.2. The predicted octanol–water partition coefficient (Wildman–Crippen LogP) is 1.71. The van der Waals surface area contributed by atoms with Crippen LogP contribution in [0.3, 0.4) is 0 Å². The van der Waals surface area contributed by atoms with Crippen molar-refractivity contribution < 1.29 is 14.3 Å². The van der Waals surface area contributed by atoms with Crippen LogP contribution in [0.5, 0.6) is 0 Å². The molecule has 0 aliphatic carbocycles. The van der Waals surface area contributed by atoms with Gasteiger partial charge >= 0.3 is 6.09 Å². The molecule has 2 heterocycles. The van der Waals surface area contributed by atoms with Gasteiger partial charge in [0.1, 0.15) is 0 Å². The van der Waals surface area contributed by atoms with E-state index in [-0.39, 0.29) is 28.8 Å². The van der Waals surface area contributed by atoms with Crippen molar-refractivity contribution in [3.8, 4) is 0 Å². The van der Waals surface area contributed by atoms with Gasteiger partial charge < -0.3 is 9.64 Å². The predicted molar refractivity (Wildman–Crippen MR) is 58.0 cm³/mol. The Morgan fingerprint density at radius 2 is 2.33 bits per heavy atom. The molecule has 0 aromatic rings. The molecule has 2 rings (SSSR count). The van der Waals surface area contributed by atoms with Crippen LogP contribution in [0.2, 0.25) is 0 Å². The molecule has 4 nitrogen and oxygen atoms in total. The maximum atomic E-state index is 11.7. The summed E-state index contributed by atoms with van der Waals surface area (Å²) in [4.78, 5) is 24.8. The Morgan fingerprint density at radius 3 is 3.00 bits per heavy atom. The monoisotopic (exact) mass is 275 g/mol. The number of ether oxygens (including phenoxy) is 1. The summed E-state index contributed by atoms with van der Waals surface area (Å²) in [6.45, 7) is 2.18. The summed E-state index contributed by atoms with van der Waals surface area (Å²) in [7, 11) is 0. The van der Waals surface area contributed by atoms with Gasteiger partial charge in [0.25, 0.3) is 0 Å². The second-order valence-corrected chi connectivity index (χ2v) is 4.96. The normalized spacial score (nSPS) is 34.4. The fraction of sp³-hybridized carbons (Fsp3) is 0.800. The van der Waals surface area contributed by atoms with Gasteiger partial charge in [-0.15, -0.1) is 0 Å². The lowest BCUT2D eigenvalue weighted by Gasteiger charge is -2.35. The molecular weight excluding hydrogens is 262 g/mol. The molecule has 0 spiro atoms. The number of piperidine rings is 1. The Hall–Kier alpha value is -0.580. The molecule has 0 aromatic carbocycles. The van der Waals surface area contributed by atoms with Crippen LogP contribution < -0.4 is 0 Å². The smallest absolute Gasteiger partial charge is 0.410 e. The molecule has 0 aromatic heterocycles. The van der Waals surface area contributed by atoms with E-state index in [4.69, 9.17) is 4.74 Å². The zero-order chi connectivity index (χ0) is 11.0. The molecular formula is C10H14BrNO3. The number of alkyl halides is 1. The average Bonchev–Trinajstić information content (AvgIpc) is 2.54. The largest absolute Gasteiger partial charge is 0.450 e. The molecule has 2 aliphatic heterocycles. The third-order valence-corrected chi connectivity index (χ3v) is 4.23. The van der Waals surface area contributed by atoms with E-state index in [9.17, 15) is 9.59 Å². The molecule has 0 saturated carbocycles. The van der Waals surface area contributed by atoms with Crippen molar-refractivity contribution in [2.45, 2.75) is 43.1 Å². The molecule has 0 N–H and O–H groups in total. The number of carbonyl (C=O) groups excluding carboxylic acids is 2. The Bertz CT molecular complexity index is 294. The number of ketones is 1. The molecule has 2 bridgehead atoms. The first-order valence-electron chi connectivity index (χ1n) is 5.27. The molecule has 0 radical (unpaired) electrons. The highest BCUT2D eigenvalue weighted by molar-refractivity contribution is 9.10. The number of Topliss-reactive ketones (excluding diaryl/α,β-unsaturated/α-hetero) is 1. The highest BCUT2D eigenvalue weighted by Gasteiger charge is 2.48. The molecule has 1 amide bonds. The molecule has 2 fully saturated rings. The summed E-state index contributed by atoms with van der Waals surface area (Å²) in [5.74, 6) is 0.211. The summed E-state index contributed by atoms with van der Waals surface area (Å²) in [5.41, 5.74) is 0. The lowest BCUT2D eigenvalue weighted by Crippen LogP contribution is -2.52. The number of hydrogen-bond acceptors (Lipinski definition) is 3. The Labute approximate surface area is 97.1 Å². The van der Waals surface area contributed by atoms with Crippen LogP contribution in [-0.4, -0.2) is 40.3 Å². The van der Waals surface area contributed by atoms with E-state index in [1.54, 1.807) is 11.8 Å². The van der Waals surface area contributed by atoms with Gasteiger partial charge in [-0.25, -0.2) is 4.79 Å². The third kappa shape index (κ3) is 1.77. The Kier molecular flexibility index (Phi) is 3.00. The molecule has 15 heavy (non-hydrogen) atoms. The van der Waals surface area contributed by atoms with Crippen molar-refractivity contribution >= 4 is 27.8 Å². The maximum Gasteiger partial charge on any atom is 0.410 e. The highest BCUT2D eigenvalue weighted by Crippen LogP contribution is 2.37. The molecule has 2 saturated heterocycles. The minimum Gasteiger partial charge on any atom is -0.450 e. The molecule has 84 valence electrons. The van der Waals surface area contributed by atoms with Crippen LogP contribution in [0.4, 0.5) is 4.79 Å². The van der Waals surface area contributed by atoms with Crippen molar-refractivity contribution in [1.29, 1.82) is 0 Å². The van der Waals surface area contributed by atoms with Gasteiger partial charge in [0.15, 0.2) is 5.78 Å². The first kappa shape index (κ1) is 10.9. The van der Waals surface area contributed by atoms with E-state index in [1.807, 2.05) is 0 Å². The van der Waals surface area contributed by atoms with Gasteiger partial charge in [-0.3, -0.25) is 4.79 Å². The van der Waals surface area contributed by atoms with E-state index in [0.717, 1.165) is 12.8 Å². The highest BCUT2D eigenvalue weighted by atomic mass is 79.9. The summed E-state index contributed by atoms with van der Waals surface area (Å²) in [6, 6.07) is 0.0608. The van der Waals surface area contributed by atoms with Crippen molar-refractivity contribution in [3.63, 3.8) is 0 Å². The minimum atomic E-state index is -0.276. The number of carbonyl (C=O) groups is 2. The van der Waals surface area contributed by atoms with Gasteiger partial charge in [-0.05, 0) is 19.8 Å². The number of fused-ring (bicyclic) bond motifs is 2. The third-order valence-electron chi connectivity index (χ3n) is 3.11. The summed E-state index contributed by atoms with van der Waals surface area (Å²) >= 11 is 3.37. The fourth-order valence-electron chi connectivity index (χ4n) is 2.44. The topological polar surface area (TPSA) is 46.6 Å². The second kappa shape index (κ2) is 4.12. The number of halogens is 1. The molecule has 2 aliphatic rings. The minimum absolute atomic E-state index is 0.00435. The van der Waals surface area contributed by atoms with Crippen LogP contribution in [-0.2, 0) is 9.53 Å². The van der Waals surface area contributed by atoms with Crippen LogP contribution in [0.25, 0.3) is 0 Å². The van der Waals surface area contributed by atoms with Crippen molar-refractivity contribution in [3.05, 3.63) is 0 Å². The maximum absolute atomic E-state index is 11.7. The van der Waals surface area contributed by atoms with Gasteiger partial charge in [0, 0.05) is 12.5 Å².